The van der Waals surface area contributed by atoms with Gasteiger partial charge in [0.2, 0.25) is 5.91 Å². The van der Waals surface area contributed by atoms with Crippen LogP contribution in [0.4, 0.5) is 20.2 Å². The largest absolute Gasteiger partial charge is 0.481 e. The van der Waals surface area contributed by atoms with Crippen molar-refractivity contribution in [2.75, 3.05) is 23.3 Å². The van der Waals surface area contributed by atoms with Gasteiger partial charge in [-0.25, -0.2) is 8.78 Å². The third-order valence-electron chi connectivity index (χ3n) is 8.25. The molecule has 41 heavy (non-hydrogen) atoms. The third-order valence-corrected chi connectivity index (χ3v) is 9.20. The molecule has 2 amide bonds. The van der Waals surface area contributed by atoms with Crippen LogP contribution < -0.4 is 10.2 Å². The second-order valence-corrected chi connectivity index (χ2v) is 12.5. The number of anilines is 2. The van der Waals surface area contributed by atoms with Crippen LogP contribution in [0.25, 0.3) is 0 Å². The van der Waals surface area contributed by atoms with E-state index in [0.717, 1.165) is 19.3 Å². The van der Waals surface area contributed by atoms with Crippen molar-refractivity contribution in [3.05, 3.63) is 56.0 Å². The number of nitrogens with one attached hydrogen (secondary N) is 1. The molecule has 0 unspecified atom stereocenters. The normalized spacial score (nSPS) is 26.2. The molecule has 4 atom stereocenters. The maximum absolute atomic E-state index is 15.1. The molecule has 0 saturated carbocycles. The van der Waals surface area contributed by atoms with Gasteiger partial charge in [-0.3, -0.25) is 19.3 Å². The molecule has 0 bridgehead atoms. The molecular formula is C28H27Cl4F2N3O4. The first-order chi connectivity index (χ1) is 19.3. The fourth-order valence-corrected chi connectivity index (χ4v) is 7.77. The molecule has 0 aromatic heterocycles. The Morgan fingerprint density at radius 1 is 1.05 bits per heavy atom. The summed E-state index contributed by atoms with van der Waals surface area (Å²) in [6.07, 6.45) is 2.40. The molecule has 2 fully saturated rings. The number of halogens is 6. The lowest BCUT2D eigenvalue weighted by Crippen LogP contribution is -2.54. The Morgan fingerprint density at radius 2 is 1.71 bits per heavy atom. The van der Waals surface area contributed by atoms with Crippen molar-refractivity contribution in [1.82, 2.24) is 4.90 Å². The van der Waals surface area contributed by atoms with Crippen molar-refractivity contribution in [3.8, 4) is 0 Å². The van der Waals surface area contributed by atoms with E-state index in [2.05, 4.69) is 5.32 Å². The van der Waals surface area contributed by atoms with Gasteiger partial charge < -0.3 is 15.3 Å². The van der Waals surface area contributed by atoms with Gasteiger partial charge in [-0.2, -0.15) is 0 Å². The molecule has 1 spiro atoms. The summed E-state index contributed by atoms with van der Waals surface area (Å²) in [6.45, 7) is 1.30. The lowest BCUT2D eigenvalue weighted by atomic mass is 9.73. The van der Waals surface area contributed by atoms with Crippen molar-refractivity contribution in [2.24, 2.45) is 11.8 Å². The van der Waals surface area contributed by atoms with Gasteiger partial charge in [-0.05, 0) is 36.8 Å². The fraction of sp³-hybridized carbons (Fsp3) is 0.464. The molecule has 13 heteroatoms. The maximum atomic E-state index is 15.1. The molecule has 2 aromatic rings. The zero-order valence-electron chi connectivity index (χ0n) is 21.9. The molecule has 7 nitrogen and oxygen atoms in total. The van der Waals surface area contributed by atoms with Gasteiger partial charge in [0.05, 0.1) is 23.2 Å². The van der Waals surface area contributed by atoms with E-state index in [9.17, 15) is 19.5 Å². The van der Waals surface area contributed by atoms with Gasteiger partial charge in [0.1, 0.15) is 11.5 Å². The topological polar surface area (TPSA) is 90.0 Å². The number of fused-ring (bicyclic) bond motifs is 4. The van der Waals surface area contributed by atoms with Crippen LogP contribution in [0.3, 0.4) is 0 Å². The summed E-state index contributed by atoms with van der Waals surface area (Å²) in [5, 5.41) is 13.9. The highest BCUT2D eigenvalue weighted by Gasteiger charge is 2.74. The average Bonchev–Trinajstić information content (AvgIpc) is 3.44. The quantitative estimate of drug-likeness (QED) is 0.298. The standard InChI is InChI=1S/C28H27Cl4F2N3O4/c1-2-3-4-5-6-36(17-8-14(29)7-15(30)9-17)24(38)21-20-12-27(33,34)13-37(20)28(22(21)25(39)40)18-10-16(31)11-19(32)23(18)35-26(28)41/h7-11,20-22H,2-6,12-13H2,1H3,(H,35,41)(H,39,40)/t20-,21+,22-,28+/m1/s1. The van der Waals surface area contributed by atoms with Crippen LogP contribution in [0.1, 0.15) is 44.6 Å². The van der Waals surface area contributed by atoms with E-state index < -0.39 is 60.1 Å². The predicted molar refractivity (Wildman–Crippen MR) is 154 cm³/mol. The van der Waals surface area contributed by atoms with Gasteiger partial charge in [0.15, 0.2) is 0 Å². The number of aliphatic carboxylic acids is 1. The lowest BCUT2D eigenvalue weighted by Gasteiger charge is -2.36. The molecule has 3 heterocycles. The van der Waals surface area contributed by atoms with E-state index in [1.807, 2.05) is 6.92 Å². The van der Waals surface area contributed by atoms with Gasteiger partial charge in [0.25, 0.3) is 11.8 Å². The van der Waals surface area contributed by atoms with Gasteiger partial charge in [-0.1, -0.05) is 72.6 Å². The Balaban J connectivity index is 1.68. The number of benzene rings is 2. The summed E-state index contributed by atoms with van der Waals surface area (Å²) < 4.78 is 30.2. The van der Waals surface area contributed by atoms with Gasteiger partial charge in [0, 0.05) is 45.3 Å². The maximum Gasteiger partial charge on any atom is 0.310 e. The second kappa shape index (κ2) is 11.2. The highest BCUT2D eigenvalue weighted by Crippen LogP contribution is 2.61. The number of carboxylic acids is 1. The predicted octanol–water partition coefficient (Wildman–Crippen LogP) is 7.10. The van der Waals surface area contributed by atoms with E-state index >= 15 is 8.78 Å². The average molecular weight is 649 g/mol. The van der Waals surface area contributed by atoms with E-state index in [4.69, 9.17) is 46.4 Å². The lowest BCUT2D eigenvalue weighted by molar-refractivity contribution is -0.153. The Labute approximate surface area is 255 Å². The van der Waals surface area contributed by atoms with Gasteiger partial charge >= 0.3 is 5.97 Å². The summed E-state index contributed by atoms with van der Waals surface area (Å²) in [7, 11) is 0. The molecule has 2 N–H and O–H groups in total. The van der Waals surface area contributed by atoms with E-state index in [1.54, 1.807) is 0 Å². The number of alkyl halides is 2. The minimum Gasteiger partial charge on any atom is -0.481 e. The zero-order chi connectivity index (χ0) is 29.9. The summed E-state index contributed by atoms with van der Waals surface area (Å²) in [5.41, 5.74) is -1.67. The van der Waals surface area contributed by atoms with Crippen LogP contribution in [0.15, 0.2) is 30.3 Å². The minimum absolute atomic E-state index is 0.0327. The number of carboxylic acid groups (broad SMARTS) is 1. The number of unbranched alkanes of at least 4 members (excludes halogenated alkanes) is 3. The van der Waals surface area contributed by atoms with Crippen LogP contribution in [-0.4, -0.2) is 52.8 Å². The Morgan fingerprint density at radius 3 is 2.34 bits per heavy atom. The number of carbonyl (C=O) groups excluding carboxylic acids is 2. The van der Waals surface area contributed by atoms with Crippen molar-refractivity contribution in [2.45, 2.75) is 56.5 Å². The molecule has 3 aliphatic rings. The first-order valence-corrected chi connectivity index (χ1v) is 14.8. The summed E-state index contributed by atoms with van der Waals surface area (Å²) >= 11 is 25.1. The first-order valence-electron chi connectivity index (χ1n) is 13.3. The molecule has 0 aliphatic carbocycles. The molecule has 2 saturated heterocycles. The van der Waals surface area contributed by atoms with Crippen LogP contribution >= 0.6 is 46.4 Å². The third kappa shape index (κ3) is 5.07. The Hall–Kier alpha value is -2.17. The molecule has 3 aliphatic heterocycles. The molecular weight excluding hydrogens is 622 g/mol. The van der Waals surface area contributed by atoms with Crippen molar-refractivity contribution in [3.63, 3.8) is 0 Å². The van der Waals surface area contributed by atoms with Gasteiger partial charge in [-0.15, -0.1) is 0 Å². The van der Waals surface area contributed by atoms with Crippen LogP contribution in [0.5, 0.6) is 0 Å². The van der Waals surface area contributed by atoms with E-state index in [-0.39, 0.29) is 37.9 Å². The van der Waals surface area contributed by atoms with Crippen LogP contribution in [0.2, 0.25) is 20.1 Å². The summed E-state index contributed by atoms with van der Waals surface area (Å²) in [5.74, 6) is -9.54. The molecule has 2 aromatic carbocycles. The zero-order valence-corrected chi connectivity index (χ0v) is 24.9. The smallest absolute Gasteiger partial charge is 0.310 e. The monoisotopic (exact) mass is 647 g/mol. The Kier molecular flexibility index (Phi) is 8.24. The van der Waals surface area contributed by atoms with Crippen molar-refractivity contribution >= 4 is 75.6 Å². The number of amides is 2. The number of hydrogen-bond donors (Lipinski definition) is 2. The summed E-state index contributed by atoms with van der Waals surface area (Å²) in [6, 6.07) is 5.99. The van der Waals surface area contributed by atoms with Crippen LogP contribution in [0, 0.1) is 11.8 Å². The minimum atomic E-state index is -3.28. The van der Waals surface area contributed by atoms with Crippen LogP contribution in [-0.2, 0) is 19.9 Å². The van der Waals surface area contributed by atoms with Crippen molar-refractivity contribution < 1.29 is 28.3 Å². The second-order valence-electron chi connectivity index (χ2n) is 10.8. The van der Waals surface area contributed by atoms with E-state index in [1.165, 1.54) is 40.1 Å². The fourth-order valence-electron chi connectivity index (χ4n) is 6.72. The number of rotatable bonds is 8. The summed E-state index contributed by atoms with van der Waals surface area (Å²) in [4.78, 5) is 43.9. The Bertz CT molecular complexity index is 1410. The highest BCUT2D eigenvalue weighted by molar-refractivity contribution is 6.38. The molecule has 5 rings (SSSR count). The van der Waals surface area contributed by atoms with E-state index in [0.29, 0.717) is 12.1 Å². The highest BCUT2D eigenvalue weighted by atomic mass is 35.5. The van der Waals surface area contributed by atoms with Crippen molar-refractivity contribution in [1.29, 1.82) is 0 Å². The SMILES string of the molecule is CCCCCCN(C(=O)[C@H]1[C@H]2CC(F)(F)CN2[C@]2(C(=O)Nc3c(Cl)cc(Cl)cc32)[C@H]1C(=O)O)c1cc(Cl)cc(Cl)c1. The number of carbonyl (C=O) groups is 3. The number of nitrogens with zero attached hydrogens (tertiary/aromatic N) is 2. The number of hydrogen-bond acceptors (Lipinski definition) is 4. The molecule has 220 valence electrons. The molecule has 0 radical (unpaired) electrons. The first kappa shape index (κ1) is 30.3.